The zero-order valence-electron chi connectivity index (χ0n) is 9.78. The van der Waals surface area contributed by atoms with Gasteiger partial charge in [-0.15, -0.1) is 0 Å². The van der Waals surface area contributed by atoms with E-state index in [0.717, 1.165) is 5.56 Å². The Morgan fingerprint density at radius 1 is 1.39 bits per heavy atom. The van der Waals surface area contributed by atoms with Crippen LogP contribution in [0.25, 0.3) is 0 Å². The summed E-state index contributed by atoms with van der Waals surface area (Å²) in [7, 11) is 0. The normalized spacial score (nSPS) is 10.4. The number of aryl methyl sites for hydroxylation is 1. The van der Waals surface area contributed by atoms with Crippen LogP contribution in [0.1, 0.15) is 21.6 Å². The number of aromatic nitrogens is 1. The summed E-state index contributed by atoms with van der Waals surface area (Å²) < 4.78 is 13.1. The van der Waals surface area contributed by atoms with Crippen molar-refractivity contribution in [1.82, 2.24) is 4.98 Å². The second-order valence-electron chi connectivity index (χ2n) is 4.00. The number of pyridine rings is 1. The first-order chi connectivity index (χ1) is 8.58. The summed E-state index contributed by atoms with van der Waals surface area (Å²) in [4.78, 5) is 16.0. The predicted molar refractivity (Wildman–Crippen MR) is 68.4 cm³/mol. The van der Waals surface area contributed by atoms with Crippen molar-refractivity contribution in [1.29, 1.82) is 0 Å². The molecule has 2 aromatic rings. The van der Waals surface area contributed by atoms with Gasteiger partial charge in [0.2, 0.25) is 0 Å². The molecule has 0 saturated heterocycles. The molecule has 92 valence electrons. The van der Waals surface area contributed by atoms with Gasteiger partial charge in [0.05, 0.1) is 5.02 Å². The lowest BCUT2D eigenvalue weighted by atomic mass is 10.0. The van der Waals surface area contributed by atoms with Gasteiger partial charge < -0.3 is 0 Å². The van der Waals surface area contributed by atoms with Crippen LogP contribution in [0.2, 0.25) is 5.02 Å². The highest BCUT2D eigenvalue weighted by Crippen LogP contribution is 2.17. The molecule has 0 aliphatic rings. The number of benzene rings is 1. The van der Waals surface area contributed by atoms with Crippen molar-refractivity contribution in [2.45, 2.75) is 13.3 Å². The first kappa shape index (κ1) is 12.7. The SMILES string of the molecule is Cc1ccc(F)cc1CC(=O)c1ncccc1Cl. The lowest BCUT2D eigenvalue weighted by molar-refractivity contribution is 0.0988. The summed E-state index contributed by atoms with van der Waals surface area (Å²) in [5, 5.41) is 0.316. The zero-order chi connectivity index (χ0) is 13.1. The molecule has 0 aliphatic heterocycles. The molecule has 4 heteroatoms. The minimum absolute atomic E-state index is 0.0975. The highest BCUT2D eigenvalue weighted by atomic mass is 35.5. The van der Waals surface area contributed by atoms with Gasteiger partial charge in [-0.2, -0.15) is 0 Å². The van der Waals surface area contributed by atoms with Crippen LogP contribution in [0.15, 0.2) is 36.5 Å². The number of carbonyl (C=O) groups excluding carboxylic acids is 1. The number of Topliss-reactive ketones (excluding diaryl/α,β-unsaturated/α-hetero) is 1. The van der Waals surface area contributed by atoms with Crippen molar-refractivity contribution in [3.8, 4) is 0 Å². The summed E-state index contributed by atoms with van der Waals surface area (Å²) in [6.45, 7) is 1.84. The summed E-state index contributed by atoms with van der Waals surface area (Å²) in [5.74, 6) is -0.565. The molecule has 0 amide bonds. The van der Waals surface area contributed by atoms with Gasteiger partial charge in [-0.25, -0.2) is 4.39 Å². The van der Waals surface area contributed by atoms with Crippen molar-refractivity contribution in [3.63, 3.8) is 0 Å². The molecule has 0 saturated carbocycles. The Labute approximate surface area is 109 Å². The average molecular weight is 264 g/mol. The molecule has 1 heterocycles. The Hall–Kier alpha value is -1.74. The van der Waals surface area contributed by atoms with Crippen LogP contribution in [0, 0.1) is 12.7 Å². The number of carbonyl (C=O) groups is 1. The Kier molecular flexibility index (Phi) is 3.72. The van der Waals surface area contributed by atoms with Crippen LogP contribution in [-0.4, -0.2) is 10.8 Å². The molecule has 18 heavy (non-hydrogen) atoms. The molecule has 0 unspecified atom stereocenters. The number of halogens is 2. The van der Waals surface area contributed by atoms with E-state index in [-0.39, 0.29) is 23.7 Å². The second kappa shape index (κ2) is 5.27. The molecule has 0 bridgehead atoms. The van der Waals surface area contributed by atoms with Gasteiger partial charge in [0.25, 0.3) is 0 Å². The molecule has 2 nitrogen and oxygen atoms in total. The largest absolute Gasteiger partial charge is 0.292 e. The van der Waals surface area contributed by atoms with Crippen LogP contribution < -0.4 is 0 Å². The molecule has 0 atom stereocenters. The standard InChI is InChI=1S/C14H11ClFNO/c1-9-4-5-11(16)7-10(9)8-13(18)14-12(15)3-2-6-17-14/h2-7H,8H2,1H3. The maximum atomic E-state index is 13.1. The Morgan fingerprint density at radius 2 is 2.17 bits per heavy atom. The lowest BCUT2D eigenvalue weighted by Crippen LogP contribution is -2.08. The number of rotatable bonds is 3. The number of hydrogen-bond donors (Lipinski definition) is 0. The van der Waals surface area contributed by atoms with E-state index in [1.54, 1.807) is 18.2 Å². The quantitative estimate of drug-likeness (QED) is 0.792. The zero-order valence-corrected chi connectivity index (χ0v) is 10.5. The third-order valence-corrected chi connectivity index (χ3v) is 2.99. The molecule has 1 aromatic carbocycles. The maximum absolute atomic E-state index is 13.1. The summed E-state index contributed by atoms with van der Waals surface area (Å²) >= 11 is 5.90. The van der Waals surface area contributed by atoms with Crippen LogP contribution >= 0.6 is 11.6 Å². The van der Waals surface area contributed by atoms with Crippen molar-refractivity contribution in [3.05, 3.63) is 64.2 Å². The van der Waals surface area contributed by atoms with E-state index in [1.165, 1.54) is 18.3 Å². The topological polar surface area (TPSA) is 30.0 Å². The van der Waals surface area contributed by atoms with Gasteiger partial charge in [0.15, 0.2) is 5.78 Å². The number of ketones is 1. The van der Waals surface area contributed by atoms with E-state index in [2.05, 4.69) is 4.98 Å². The van der Waals surface area contributed by atoms with Crippen LogP contribution in [-0.2, 0) is 6.42 Å². The Morgan fingerprint density at radius 3 is 2.89 bits per heavy atom. The second-order valence-corrected chi connectivity index (χ2v) is 4.41. The van der Waals surface area contributed by atoms with E-state index in [4.69, 9.17) is 11.6 Å². The summed E-state index contributed by atoms with van der Waals surface area (Å²) in [5.41, 5.74) is 1.75. The van der Waals surface area contributed by atoms with E-state index in [1.807, 2.05) is 6.92 Å². The van der Waals surface area contributed by atoms with Gasteiger partial charge in [-0.3, -0.25) is 9.78 Å². The lowest BCUT2D eigenvalue weighted by Gasteiger charge is -2.06. The summed E-state index contributed by atoms with van der Waals surface area (Å²) in [6.07, 6.45) is 1.61. The van der Waals surface area contributed by atoms with Gasteiger partial charge in [0, 0.05) is 12.6 Å². The van der Waals surface area contributed by atoms with Crippen molar-refractivity contribution in [2.75, 3.05) is 0 Å². The Bertz CT molecular complexity index is 598. The maximum Gasteiger partial charge on any atom is 0.187 e. The fourth-order valence-corrected chi connectivity index (χ4v) is 1.90. The van der Waals surface area contributed by atoms with Gasteiger partial charge in [-0.05, 0) is 42.3 Å². The third-order valence-electron chi connectivity index (χ3n) is 2.68. The van der Waals surface area contributed by atoms with Crippen molar-refractivity contribution >= 4 is 17.4 Å². The molecular weight excluding hydrogens is 253 g/mol. The number of nitrogens with zero attached hydrogens (tertiary/aromatic N) is 1. The van der Waals surface area contributed by atoms with Crippen LogP contribution in [0.5, 0.6) is 0 Å². The van der Waals surface area contributed by atoms with Crippen LogP contribution in [0.3, 0.4) is 0 Å². The minimum atomic E-state index is -0.351. The van der Waals surface area contributed by atoms with E-state index in [0.29, 0.717) is 10.6 Å². The van der Waals surface area contributed by atoms with Gasteiger partial charge >= 0.3 is 0 Å². The molecule has 0 aliphatic carbocycles. The van der Waals surface area contributed by atoms with Crippen molar-refractivity contribution < 1.29 is 9.18 Å². The van der Waals surface area contributed by atoms with E-state index >= 15 is 0 Å². The monoisotopic (exact) mass is 263 g/mol. The molecule has 2 rings (SSSR count). The highest BCUT2D eigenvalue weighted by molar-refractivity contribution is 6.33. The predicted octanol–water partition coefficient (Wildman–Crippen LogP) is 3.61. The molecule has 0 N–H and O–H groups in total. The minimum Gasteiger partial charge on any atom is -0.292 e. The van der Waals surface area contributed by atoms with Gasteiger partial charge in [0.1, 0.15) is 11.5 Å². The van der Waals surface area contributed by atoms with E-state index < -0.39 is 0 Å². The molecule has 0 fully saturated rings. The molecule has 1 aromatic heterocycles. The van der Waals surface area contributed by atoms with Crippen molar-refractivity contribution in [2.24, 2.45) is 0 Å². The molecular formula is C14H11ClFNO. The number of hydrogen-bond acceptors (Lipinski definition) is 2. The first-order valence-corrected chi connectivity index (χ1v) is 5.84. The fourth-order valence-electron chi connectivity index (χ4n) is 1.68. The highest BCUT2D eigenvalue weighted by Gasteiger charge is 2.13. The summed E-state index contributed by atoms with van der Waals surface area (Å²) in [6, 6.07) is 7.66. The van der Waals surface area contributed by atoms with Gasteiger partial charge in [-0.1, -0.05) is 17.7 Å². The molecule has 0 spiro atoms. The Balaban J connectivity index is 2.27. The van der Waals surface area contributed by atoms with Crippen LogP contribution in [0.4, 0.5) is 4.39 Å². The average Bonchev–Trinajstić information content (AvgIpc) is 2.34. The first-order valence-electron chi connectivity index (χ1n) is 5.46. The smallest absolute Gasteiger partial charge is 0.187 e. The van der Waals surface area contributed by atoms with E-state index in [9.17, 15) is 9.18 Å². The fraction of sp³-hybridized carbons (Fsp3) is 0.143. The third kappa shape index (κ3) is 2.74. The molecule has 0 radical (unpaired) electrons.